The summed E-state index contributed by atoms with van der Waals surface area (Å²) in [5.74, 6) is 0. The molecule has 4 heteroatoms. The molecule has 96 valence electrons. The van der Waals surface area contributed by atoms with E-state index in [0.29, 0.717) is 12.6 Å². The number of hydrogen-bond donors (Lipinski definition) is 1. The first-order chi connectivity index (χ1) is 7.80. The molecule has 2 N–H and O–H groups in total. The first-order valence-corrected chi connectivity index (χ1v) is 6.37. The third-order valence-electron chi connectivity index (χ3n) is 3.30. The van der Waals surface area contributed by atoms with Gasteiger partial charge in [-0.25, -0.2) is 0 Å². The second-order valence-corrected chi connectivity index (χ2v) is 4.41. The number of hydrogen-bond acceptors (Lipinski definition) is 4. The number of rotatable bonds is 8. The predicted molar refractivity (Wildman–Crippen MR) is 65.6 cm³/mol. The number of nitrogens with two attached hydrogens (primary N) is 1. The molecule has 0 aromatic heterocycles. The summed E-state index contributed by atoms with van der Waals surface area (Å²) in [6.45, 7) is 6.91. The predicted octanol–water partition coefficient (Wildman–Crippen LogP) is 0.851. The van der Waals surface area contributed by atoms with E-state index in [4.69, 9.17) is 15.2 Å². The van der Waals surface area contributed by atoms with E-state index in [1.54, 1.807) is 7.11 Å². The highest BCUT2D eigenvalue weighted by Crippen LogP contribution is 2.13. The van der Waals surface area contributed by atoms with Crippen LogP contribution >= 0.6 is 0 Å². The molecule has 16 heavy (non-hydrogen) atoms. The van der Waals surface area contributed by atoms with Crippen molar-refractivity contribution >= 4 is 0 Å². The minimum Gasteiger partial charge on any atom is -0.380 e. The van der Waals surface area contributed by atoms with Gasteiger partial charge in [0.25, 0.3) is 0 Å². The molecule has 0 spiro atoms. The van der Waals surface area contributed by atoms with Gasteiger partial charge < -0.3 is 20.1 Å². The zero-order chi connectivity index (χ0) is 11.8. The van der Waals surface area contributed by atoms with Crippen LogP contribution in [0.1, 0.15) is 26.2 Å². The molecular weight excluding hydrogens is 204 g/mol. The van der Waals surface area contributed by atoms with Gasteiger partial charge in [-0.1, -0.05) is 6.92 Å². The molecule has 1 heterocycles. The van der Waals surface area contributed by atoms with Gasteiger partial charge in [-0.05, 0) is 25.8 Å². The molecule has 1 saturated heterocycles. The van der Waals surface area contributed by atoms with Crippen LogP contribution in [0.15, 0.2) is 0 Å². The molecular formula is C12H26N2O2. The minimum atomic E-state index is 0.193. The van der Waals surface area contributed by atoms with Crippen molar-refractivity contribution in [2.24, 2.45) is 5.73 Å². The summed E-state index contributed by atoms with van der Waals surface area (Å²) in [6, 6.07) is 0. The molecule has 1 fully saturated rings. The van der Waals surface area contributed by atoms with Crippen LogP contribution in [0.5, 0.6) is 0 Å². The Morgan fingerprint density at radius 2 is 2.38 bits per heavy atom. The van der Waals surface area contributed by atoms with Gasteiger partial charge in [0.15, 0.2) is 0 Å². The van der Waals surface area contributed by atoms with Crippen molar-refractivity contribution < 1.29 is 9.47 Å². The first-order valence-electron chi connectivity index (χ1n) is 6.37. The van der Waals surface area contributed by atoms with E-state index < -0.39 is 0 Å². The van der Waals surface area contributed by atoms with Gasteiger partial charge in [0, 0.05) is 33.4 Å². The highest BCUT2D eigenvalue weighted by atomic mass is 16.5. The maximum absolute atomic E-state index is 5.65. The summed E-state index contributed by atoms with van der Waals surface area (Å²) < 4.78 is 10.9. The SMILES string of the molecule is CCN(CCC(CN)OC)CC1CCCO1. The zero-order valence-corrected chi connectivity index (χ0v) is 10.7. The summed E-state index contributed by atoms with van der Waals surface area (Å²) in [4.78, 5) is 2.43. The van der Waals surface area contributed by atoms with Gasteiger partial charge in [-0.15, -0.1) is 0 Å². The van der Waals surface area contributed by atoms with Crippen LogP contribution in [0, 0.1) is 0 Å². The molecule has 1 aliphatic heterocycles. The number of nitrogens with zero attached hydrogens (tertiary/aromatic N) is 1. The van der Waals surface area contributed by atoms with Crippen LogP contribution in [-0.4, -0.2) is 57.0 Å². The minimum absolute atomic E-state index is 0.193. The topological polar surface area (TPSA) is 47.7 Å². The quantitative estimate of drug-likeness (QED) is 0.671. The zero-order valence-electron chi connectivity index (χ0n) is 10.7. The summed E-state index contributed by atoms with van der Waals surface area (Å²) in [6.07, 6.45) is 4.07. The van der Waals surface area contributed by atoms with Gasteiger partial charge in [-0.2, -0.15) is 0 Å². The second-order valence-electron chi connectivity index (χ2n) is 4.41. The Hall–Kier alpha value is -0.160. The van der Waals surface area contributed by atoms with Crippen molar-refractivity contribution in [3.8, 4) is 0 Å². The van der Waals surface area contributed by atoms with E-state index in [2.05, 4.69) is 11.8 Å². The molecule has 1 rings (SSSR count). The highest BCUT2D eigenvalue weighted by molar-refractivity contribution is 4.71. The van der Waals surface area contributed by atoms with Crippen molar-refractivity contribution in [3.63, 3.8) is 0 Å². The van der Waals surface area contributed by atoms with Crippen LogP contribution in [0.25, 0.3) is 0 Å². The lowest BCUT2D eigenvalue weighted by Gasteiger charge is -2.25. The highest BCUT2D eigenvalue weighted by Gasteiger charge is 2.18. The molecule has 0 saturated carbocycles. The second kappa shape index (κ2) is 8.01. The van der Waals surface area contributed by atoms with Gasteiger partial charge in [-0.3, -0.25) is 0 Å². The Balaban J connectivity index is 2.19. The van der Waals surface area contributed by atoms with E-state index in [1.165, 1.54) is 12.8 Å². The van der Waals surface area contributed by atoms with Crippen molar-refractivity contribution in [1.82, 2.24) is 4.90 Å². The lowest BCUT2D eigenvalue weighted by Crippen LogP contribution is -2.35. The van der Waals surface area contributed by atoms with Crippen molar-refractivity contribution in [2.45, 2.75) is 38.4 Å². The van der Waals surface area contributed by atoms with Gasteiger partial charge in [0.05, 0.1) is 12.2 Å². The smallest absolute Gasteiger partial charge is 0.0705 e. The van der Waals surface area contributed by atoms with E-state index >= 15 is 0 Å². The molecule has 0 aromatic carbocycles. The van der Waals surface area contributed by atoms with Crippen LogP contribution in [0.3, 0.4) is 0 Å². The molecule has 0 aromatic rings. The van der Waals surface area contributed by atoms with E-state index in [1.807, 2.05) is 0 Å². The Labute approximate surface area is 99.1 Å². The first kappa shape index (κ1) is 13.9. The molecule has 4 nitrogen and oxygen atoms in total. The fourth-order valence-electron chi connectivity index (χ4n) is 2.11. The van der Waals surface area contributed by atoms with Crippen molar-refractivity contribution in [2.75, 3.05) is 39.9 Å². The summed E-state index contributed by atoms with van der Waals surface area (Å²) in [7, 11) is 1.73. The Morgan fingerprint density at radius 1 is 1.56 bits per heavy atom. The Bertz CT molecular complexity index is 168. The van der Waals surface area contributed by atoms with Crippen LogP contribution < -0.4 is 5.73 Å². The average molecular weight is 230 g/mol. The average Bonchev–Trinajstić information content (AvgIpc) is 2.81. The van der Waals surface area contributed by atoms with Crippen molar-refractivity contribution in [3.05, 3.63) is 0 Å². The van der Waals surface area contributed by atoms with Gasteiger partial charge >= 0.3 is 0 Å². The van der Waals surface area contributed by atoms with Gasteiger partial charge in [0.2, 0.25) is 0 Å². The maximum atomic E-state index is 5.65. The van der Waals surface area contributed by atoms with E-state index in [-0.39, 0.29) is 6.10 Å². The molecule has 0 amide bonds. The monoisotopic (exact) mass is 230 g/mol. The van der Waals surface area contributed by atoms with E-state index in [0.717, 1.165) is 32.7 Å². The van der Waals surface area contributed by atoms with Crippen LogP contribution in [-0.2, 0) is 9.47 Å². The Kier molecular flexibility index (Phi) is 6.96. The standard InChI is InChI=1S/C12H26N2O2/c1-3-14(7-6-11(9-13)15-2)10-12-5-4-8-16-12/h11-12H,3-10,13H2,1-2H3. The molecule has 0 aliphatic carbocycles. The largest absolute Gasteiger partial charge is 0.380 e. The summed E-state index contributed by atoms with van der Waals surface area (Å²) >= 11 is 0. The molecule has 2 unspecified atom stereocenters. The third kappa shape index (κ3) is 4.78. The molecule has 0 bridgehead atoms. The number of ether oxygens (including phenoxy) is 2. The van der Waals surface area contributed by atoms with Crippen molar-refractivity contribution in [1.29, 1.82) is 0 Å². The van der Waals surface area contributed by atoms with Crippen LogP contribution in [0.2, 0.25) is 0 Å². The molecule has 1 aliphatic rings. The van der Waals surface area contributed by atoms with Crippen LogP contribution in [0.4, 0.5) is 0 Å². The molecule has 0 radical (unpaired) electrons. The normalized spacial score (nSPS) is 22.9. The fraction of sp³-hybridized carbons (Fsp3) is 1.00. The summed E-state index contributed by atoms with van der Waals surface area (Å²) in [5.41, 5.74) is 5.61. The summed E-state index contributed by atoms with van der Waals surface area (Å²) in [5, 5.41) is 0. The lowest BCUT2D eigenvalue weighted by atomic mass is 10.2. The number of likely N-dealkylation sites (N-methyl/N-ethyl adjacent to an activating group) is 1. The Morgan fingerprint density at radius 3 is 2.88 bits per heavy atom. The maximum Gasteiger partial charge on any atom is 0.0705 e. The third-order valence-corrected chi connectivity index (χ3v) is 3.30. The van der Waals surface area contributed by atoms with E-state index in [9.17, 15) is 0 Å². The van der Waals surface area contributed by atoms with Gasteiger partial charge in [0.1, 0.15) is 0 Å². The number of methoxy groups -OCH3 is 1. The molecule has 2 atom stereocenters. The lowest BCUT2D eigenvalue weighted by molar-refractivity contribution is 0.0586. The fourth-order valence-corrected chi connectivity index (χ4v) is 2.11.